The zero-order valence-electron chi connectivity index (χ0n) is 10.7. The van der Waals surface area contributed by atoms with Crippen LogP contribution in [0, 0.1) is 5.82 Å². The van der Waals surface area contributed by atoms with Gasteiger partial charge in [0.1, 0.15) is 5.82 Å². The fourth-order valence-corrected chi connectivity index (χ4v) is 2.46. The second-order valence-corrected chi connectivity index (χ2v) is 5.58. The van der Waals surface area contributed by atoms with Crippen molar-refractivity contribution in [2.75, 3.05) is 0 Å². The van der Waals surface area contributed by atoms with Crippen LogP contribution >= 0.6 is 27.5 Å². The maximum Gasteiger partial charge on any atom is 0.253 e. The maximum atomic E-state index is 13.4. The van der Waals surface area contributed by atoms with Gasteiger partial charge in [-0.3, -0.25) is 4.79 Å². The van der Waals surface area contributed by atoms with Crippen molar-refractivity contribution in [3.63, 3.8) is 0 Å². The first-order valence-electron chi connectivity index (χ1n) is 5.99. The molecule has 0 fully saturated rings. The van der Waals surface area contributed by atoms with E-state index in [1.165, 1.54) is 12.1 Å². The lowest BCUT2D eigenvalue weighted by atomic mass is 10.1. The van der Waals surface area contributed by atoms with Crippen LogP contribution in [-0.2, 0) is 0 Å². The molecule has 0 aliphatic rings. The van der Waals surface area contributed by atoms with Gasteiger partial charge in [0.05, 0.1) is 16.1 Å². The van der Waals surface area contributed by atoms with Gasteiger partial charge in [0.2, 0.25) is 0 Å². The molecule has 0 radical (unpaired) electrons. The molecule has 0 aliphatic heterocycles. The molecule has 0 saturated carbocycles. The molecule has 5 heteroatoms. The molecule has 20 heavy (non-hydrogen) atoms. The standard InChI is InChI=1S/C15H12BrClFNO/c1-9(10-4-2-5-11(17)8-10)19-15(20)12-6-3-7-13(18)14(12)16/h2-9H,1H3,(H,19,20). The van der Waals surface area contributed by atoms with E-state index in [0.717, 1.165) is 5.56 Å². The molecule has 2 nitrogen and oxygen atoms in total. The van der Waals surface area contributed by atoms with Gasteiger partial charge in [-0.2, -0.15) is 0 Å². The van der Waals surface area contributed by atoms with Gasteiger partial charge in [-0.05, 0) is 52.7 Å². The topological polar surface area (TPSA) is 29.1 Å². The molecule has 0 heterocycles. The summed E-state index contributed by atoms with van der Waals surface area (Å²) in [6.07, 6.45) is 0. The van der Waals surface area contributed by atoms with E-state index in [4.69, 9.17) is 11.6 Å². The third-order valence-corrected chi connectivity index (χ3v) is 3.93. The number of amides is 1. The lowest BCUT2D eigenvalue weighted by Crippen LogP contribution is -2.27. The Kier molecular flexibility index (Phi) is 4.78. The summed E-state index contributed by atoms with van der Waals surface area (Å²) in [5.74, 6) is -0.808. The SMILES string of the molecule is CC(NC(=O)c1cccc(F)c1Br)c1cccc(Cl)c1. The minimum Gasteiger partial charge on any atom is -0.345 e. The van der Waals surface area contributed by atoms with Crippen LogP contribution in [0.5, 0.6) is 0 Å². The van der Waals surface area contributed by atoms with Gasteiger partial charge >= 0.3 is 0 Å². The van der Waals surface area contributed by atoms with Crippen molar-refractivity contribution in [3.05, 3.63) is 68.9 Å². The minimum atomic E-state index is -0.465. The average molecular weight is 357 g/mol. The largest absolute Gasteiger partial charge is 0.345 e. The van der Waals surface area contributed by atoms with Gasteiger partial charge in [-0.25, -0.2) is 4.39 Å². The van der Waals surface area contributed by atoms with Crippen LogP contribution in [-0.4, -0.2) is 5.91 Å². The first-order chi connectivity index (χ1) is 9.49. The van der Waals surface area contributed by atoms with Crippen LogP contribution in [0.25, 0.3) is 0 Å². The molecule has 1 amide bonds. The molecule has 1 unspecified atom stereocenters. The fraction of sp³-hybridized carbons (Fsp3) is 0.133. The Balaban J connectivity index is 2.17. The van der Waals surface area contributed by atoms with Gasteiger partial charge < -0.3 is 5.32 Å². The van der Waals surface area contributed by atoms with Crippen LogP contribution in [0.3, 0.4) is 0 Å². The number of hydrogen-bond donors (Lipinski definition) is 1. The molecule has 0 aliphatic carbocycles. The predicted octanol–water partition coefficient (Wildman–Crippen LogP) is 4.73. The van der Waals surface area contributed by atoms with Crippen molar-refractivity contribution in [3.8, 4) is 0 Å². The highest BCUT2D eigenvalue weighted by molar-refractivity contribution is 9.10. The Hall–Kier alpha value is -1.39. The molecule has 104 valence electrons. The van der Waals surface area contributed by atoms with Gasteiger partial charge in [0.15, 0.2) is 0 Å². The molecular formula is C15H12BrClFNO. The second kappa shape index (κ2) is 6.37. The first kappa shape index (κ1) is 15.0. The smallest absolute Gasteiger partial charge is 0.253 e. The van der Waals surface area contributed by atoms with E-state index in [1.807, 2.05) is 19.1 Å². The third kappa shape index (κ3) is 3.38. The highest BCUT2D eigenvalue weighted by atomic mass is 79.9. The Morgan fingerprint density at radius 3 is 2.70 bits per heavy atom. The molecule has 2 rings (SSSR count). The summed E-state index contributed by atoms with van der Waals surface area (Å²) in [7, 11) is 0. The van der Waals surface area contributed by atoms with Crippen molar-refractivity contribution in [2.45, 2.75) is 13.0 Å². The van der Waals surface area contributed by atoms with Gasteiger partial charge in [0, 0.05) is 5.02 Å². The van der Waals surface area contributed by atoms with Crippen molar-refractivity contribution in [2.24, 2.45) is 0 Å². The number of hydrogen-bond acceptors (Lipinski definition) is 1. The molecule has 2 aromatic rings. The molecule has 0 spiro atoms. The number of carbonyl (C=O) groups excluding carboxylic acids is 1. The Labute approximate surface area is 130 Å². The summed E-state index contributed by atoms with van der Waals surface area (Å²) < 4.78 is 13.6. The summed E-state index contributed by atoms with van der Waals surface area (Å²) in [5, 5.41) is 3.42. The molecule has 0 saturated heterocycles. The highest BCUT2D eigenvalue weighted by Gasteiger charge is 2.16. The molecule has 2 aromatic carbocycles. The minimum absolute atomic E-state index is 0.163. The number of carbonyl (C=O) groups is 1. The summed E-state index contributed by atoms with van der Waals surface area (Å²) in [5.41, 5.74) is 1.15. The van der Waals surface area contributed by atoms with Crippen LogP contribution in [0.15, 0.2) is 46.9 Å². The van der Waals surface area contributed by atoms with Gasteiger partial charge in [-0.1, -0.05) is 29.8 Å². The van der Waals surface area contributed by atoms with E-state index in [1.54, 1.807) is 18.2 Å². The molecule has 1 N–H and O–H groups in total. The lowest BCUT2D eigenvalue weighted by Gasteiger charge is -2.15. The quantitative estimate of drug-likeness (QED) is 0.846. The average Bonchev–Trinajstić information content (AvgIpc) is 2.41. The summed E-state index contributed by atoms with van der Waals surface area (Å²) >= 11 is 9.00. The third-order valence-electron chi connectivity index (χ3n) is 2.89. The van der Waals surface area contributed by atoms with Crippen molar-refractivity contribution < 1.29 is 9.18 Å². The highest BCUT2D eigenvalue weighted by Crippen LogP contribution is 2.22. The first-order valence-corrected chi connectivity index (χ1v) is 7.16. The van der Waals surface area contributed by atoms with E-state index < -0.39 is 5.82 Å². The summed E-state index contributed by atoms with van der Waals surface area (Å²) in [6, 6.07) is 11.4. The normalized spacial score (nSPS) is 12.0. The van der Waals surface area contributed by atoms with Crippen molar-refractivity contribution in [1.29, 1.82) is 0 Å². The number of nitrogens with one attached hydrogen (secondary N) is 1. The number of rotatable bonds is 3. The van der Waals surface area contributed by atoms with Gasteiger partial charge in [0.25, 0.3) is 5.91 Å². The summed E-state index contributed by atoms with van der Waals surface area (Å²) in [6.45, 7) is 1.84. The van der Waals surface area contributed by atoms with Crippen molar-refractivity contribution in [1.82, 2.24) is 5.32 Å². The van der Waals surface area contributed by atoms with E-state index in [0.29, 0.717) is 5.02 Å². The van der Waals surface area contributed by atoms with Crippen molar-refractivity contribution >= 4 is 33.4 Å². The van der Waals surface area contributed by atoms with Crippen LogP contribution < -0.4 is 5.32 Å². The predicted molar refractivity (Wildman–Crippen MR) is 81.4 cm³/mol. The van der Waals surface area contributed by atoms with Crippen LogP contribution in [0.1, 0.15) is 28.9 Å². The summed E-state index contributed by atoms with van der Waals surface area (Å²) in [4.78, 5) is 12.1. The Bertz CT molecular complexity index is 648. The van der Waals surface area contributed by atoms with Gasteiger partial charge in [-0.15, -0.1) is 0 Å². The molecule has 0 aromatic heterocycles. The van der Waals surface area contributed by atoms with Crippen LogP contribution in [0.4, 0.5) is 4.39 Å². The Morgan fingerprint density at radius 1 is 1.30 bits per heavy atom. The van der Waals surface area contributed by atoms with E-state index in [2.05, 4.69) is 21.2 Å². The molecule has 0 bridgehead atoms. The van der Waals surface area contributed by atoms with E-state index in [9.17, 15) is 9.18 Å². The monoisotopic (exact) mass is 355 g/mol. The number of benzene rings is 2. The molecular weight excluding hydrogens is 345 g/mol. The molecule has 1 atom stereocenters. The zero-order valence-corrected chi connectivity index (χ0v) is 13.0. The second-order valence-electron chi connectivity index (χ2n) is 4.35. The Morgan fingerprint density at radius 2 is 2.00 bits per heavy atom. The zero-order chi connectivity index (χ0) is 14.7. The van der Waals surface area contributed by atoms with Crippen LogP contribution in [0.2, 0.25) is 5.02 Å². The fourth-order valence-electron chi connectivity index (χ4n) is 1.81. The lowest BCUT2D eigenvalue weighted by molar-refractivity contribution is 0.0938. The maximum absolute atomic E-state index is 13.4. The van der Waals surface area contributed by atoms with E-state index >= 15 is 0 Å². The van der Waals surface area contributed by atoms with E-state index in [-0.39, 0.29) is 22.0 Å². The number of halogens is 3.